The Hall–Kier alpha value is -1.19. The first-order valence-corrected chi connectivity index (χ1v) is 6.04. The summed E-state index contributed by atoms with van der Waals surface area (Å²) in [6.45, 7) is 4.63. The van der Waals surface area contributed by atoms with Crippen LogP contribution in [0.25, 0.3) is 0 Å². The smallest absolute Gasteiger partial charge is 0.114 e. The minimum absolute atomic E-state index is 0.569. The summed E-state index contributed by atoms with van der Waals surface area (Å²) in [6.07, 6.45) is 1.72. The van der Waals surface area contributed by atoms with Crippen LogP contribution in [0.2, 0.25) is 0 Å². The first kappa shape index (κ1) is 11.3. The average Bonchev–Trinajstić information content (AvgIpc) is 2.65. The van der Waals surface area contributed by atoms with Crippen LogP contribution < -0.4 is 5.73 Å². The molecule has 0 bridgehead atoms. The van der Waals surface area contributed by atoms with Gasteiger partial charge < -0.3 is 10.2 Å². The third-order valence-electron chi connectivity index (χ3n) is 2.47. The summed E-state index contributed by atoms with van der Waals surface area (Å²) in [5.41, 5.74) is 8.16. The number of benzene rings is 1. The monoisotopic (exact) mass is 233 g/mol. The van der Waals surface area contributed by atoms with Crippen LogP contribution in [0, 0.1) is 13.8 Å². The van der Waals surface area contributed by atoms with Gasteiger partial charge >= 0.3 is 0 Å². The van der Waals surface area contributed by atoms with Crippen LogP contribution in [0.15, 0.2) is 44.7 Å². The first-order valence-electron chi connectivity index (χ1n) is 5.22. The van der Waals surface area contributed by atoms with Gasteiger partial charge in [-0.2, -0.15) is 0 Å². The molecule has 3 heteroatoms. The number of furan rings is 1. The molecule has 0 amide bonds. The topological polar surface area (TPSA) is 39.2 Å². The van der Waals surface area contributed by atoms with Crippen molar-refractivity contribution in [3.63, 3.8) is 0 Å². The molecule has 0 saturated heterocycles. The molecule has 0 aliphatic heterocycles. The molecular weight excluding hydrogens is 218 g/mol. The molecule has 1 aromatic carbocycles. The predicted molar refractivity (Wildman–Crippen MR) is 66.6 cm³/mol. The molecule has 1 aromatic heterocycles. The van der Waals surface area contributed by atoms with Gasteiger partial charge in [-0.15, -0.1) is 0 Å². The van der Waals surface area contributed by atoms with E-state index in [1.165, 1.54) is 16.0 Å². The Balaban J connectivity index is 2.33. The summed E-state index contributed by atoms with van der Waals surface area (Å²) >= 11 is 1.71. The molecular formula is C13H15NOS. The van der Waals surface area contributed by atoms with Crippen molar-refractivity contribution >= 4 is 11.8 Å². The zero-order valence-corrected chi connectivity index (χ0v) is 10.3. The Bertz CT molecular complexity index is 490. The molecule has 0 aliphatic rings. The van der Waals surface area contributed by atoms with E-state index in [1.54, 1.807) is 18.0 Å². The molecule has 2 nitrogen and oxygen atoms in total. The fourth-order valence-electron chi connectivity index (χ4n) is 1.52. The quantitative estimate of drug-likeness (QED) is 0.881. The molecule has 0 aliphatic carbocycles. The maximum absolute atomic E-state index is 5.73. The zero-order valence-electron chi connectivity index (χ0n) is 9.49. The third-order valence-corrected chi connectivity index (χ3v) is 3.72. The van der Waals surface area contributed by atoms with E-state index in [2.05, 4.69) is 25.1 Å². The minimum atomic E-state index is 0.569. The molecule has 0 atom stereocenters. The largest absolute Gasteiger partial charge is 0.468 e. The second-order valence-electron chi connectivity index (χ2n) is 3.76. The van der Waals surface area contributed by atoms with Crippen LogP contribution in [0.3, 0.4) is 0 Å². The highest BCUT2D eigenvalue weighted by atomic mass is 32.2. The fourth-order valence-corrected chi connectivity index (χ4v) is 2.60. The number of aryl methyl sites for hydroxylation is 2. The Morgan fingerprint density at radius 2 is 2.00 bits per heavy atom. The molecule has 0 saturated carbocycles. The van der Waals surface area contributed by atoms with Gasteiger partial charge in [-0.3, -0.25) is 0 Å². The van der Waals surface area contributed by atoms with Crippen molar-refractivity contribution in [1.82, 2.24) is 0 Å². The maximum atomic E-state index is 5.73. The van der Waals surface area contributed by atoms with Gasteiger partial charge in [0.15, 0.2) is 0 Å². The molecule has 1 heterocycles. The van der Waals surface area contributed by atoms with Gasteiger partial charge in [-0.25, -0.2) is 0 Å². The first-order chi connectivity index (χ1) is 7.70. The summed E-state index contributed by atoms with van der Waals surface area (Å²) in [5.74, 6) is 0.953. The van der Waals surface area contributed by atoms with Gasteiger partial charge in [0, 0.05) is 11.4 Å². The molecule has 0 radical (unpaired) electrons. The summed E-state index contributed by atoms with van der Waals surface area (Å²) < 4.78 is 5.29. The number of rotatable bonds is 3. The van der Waals surface area contributed by atoms with Crippen molar-refractivity contribution < 1.29 is 4.42 Å². The highest BCUT2D eigenvalue weighted by molar-refractivity contribution is 7.99. The lowest BCUT2D eigenvalue weighted by Crippen LogP contribution is -1.98. The Labute approximate surface area is 99.8 Å². The lowest BCUT2D eigenvalue weighted by Gasteiger charge is -2.07. The normalized spacial score (nSPS) is 10.7. The van der Waals surface area contributed by atoms with Crippen molar-refractivity contribution in [3.05, 3.63) is 47.4 Å². The fraction of sp³-hybridized carbons (Fsp3) is 0.231. The van der Waals surface area contributed by atoms with Crippen LogP contribution >= 0.6 is 11.8 Å². The second kappa shape index (κ2) is 4.76. The van der Waals surface area contributed by atoms with Crippen LogP contribution in [-0.2, 0) is 6.54 Å². The van der Waals surface area contributed by atoms with Gasteiger partial charge in [-0.1, -0.05) is 23.9 Å². The molecule has 2 aromatic rings. The molecule has 0 spiro atoms. The number of nitrogens with two attached hydrogens (primary N) is 1. The third kappa shape index (κ3) is 2.31. The Morgan fingerprint density at radius 1 is 1.19 bits per heavy atom. The lowest BCUT2D eigenvalue weighted by molar-refractivity contribution is 0.527. The molecule has 2 rings (SSSR count). The average molecular weight is 233 g/mol. The van der Waals surface area contributed by atoms with E-state index in [9.17, 15) is 0 Å². The SMILES string of the molecule is Cc1ccc(CN)c(Sc2ccoc2C)c1. The molecule has 2 N–H and O–H groups in total. The zero-order chi connectivity index (χ0) is 11.5. The highest BCUT2D eigenvalue weighted by Gasteiger charge is 2.07. The predicted octanol–water partition coefficient (Wildman–Crippen LogP) is 3.51. The van der Waals surface area contributed by atoms with E-state index in [4.69, 9.17) is 10.2 Å². The van der Waals surface area contributed by atoms with Crippen LogP contribution in [0.4, 0.5) is 0 Å². The summed E-state index contributed by atoms with van der Waals surface area (Å²) in [7, 11) is 0. The van der Waals surface area contributed by atoms with Crippen LogP contribution in [0.5, 0.6) is 0 Å². The van der Waals surface area contributed by atoms with Crippen molar-refractivity contribution in [2.45, 2.75) is 30.2 Å². The maximum Gasteiger partial charge on any atom is 0.114 e. The second-order valence-corrected chi connectivity index (χ2v) is 4.84. The van der Waals surface area contributed by atoms with E-state index < -0.39 is 0 Å². The van der Waals surface area contributed by atoms with Gasteiger partial charge in [-0.05, 0) is 37.1 Å². The van der Waals surface area contributed by atoms with Crippen molar-refractivity contribution in [3.8, 4) is 0 Å². The number of hydrogen-bond acceptors (Lipinski definition) is 3. The standard InChI is InChI=1S/C13H15NOS/c1-9-3-4-11(8-14)13(7-9)16-12-5-6-15-10(12)2/h3-7H,8,14H2,1-2H3. The minimum Gasteiger partial charge on any atom is -0.468 e. The van der Waals surface area contributed by atoms with E-state index in [1.807, 2.05) is 13.0 Å². The van der Waals surface area contributed by atoms with Crippen LogP contribution in [-0.4, -0.2) is 0 Å². The Morgan fingerprint density at radius 3 is 2.62 bits per heavy atom. The van der Waals surface area contributed by atoms with Crippen LogP contribution in [0.1, 0.15) is 16.9 Å². The van der Waals surface area contributed by atoms with Gasteiger partial charge in [0.1, 0.15) is 5.76 Å². The highest BCUT2D eigenvalue weighted by Crippen LogP contribution is 2.33. The molecule has 84 valence electrons. The van der Waals surface area contributed by atoms with Crippen molar-refractivity contribution in [2.75, 3.05) is 0 Å². The van der Waals surface area contributed by atoms with Crippen molar-refractivity contribution in [1.29, 1.82) is 0 Å². The van der Waals surface area contributed by atoms with Gasteiger partial charge in [0.05, 0.1) is 11.2 Å². The van der Waals surface area contributed by atoms with E-state index in [-0.39, 0.29) is 0 Å². The van der Waals surface area contributed by atoms with E-state index in [0.717, 1.165) is 10.7 Å². The molecule has 0 fully saturated rings. The van der Waals surface area contributed by atoms with E-state index in [0.29, 0.717) is 6.54 Å². The Kier molecular flexibility index (Phi) is 3.36. The molecule has 0 unspecified atom stereocenters. The van der Waals surface area contributed by atoms with Gasteiger partial charge in [0.25, 0.3) is 0 Å². The van der Waals surface area contributed by atoms with Crippen molar-refractivity contribution in [2.24, 2.45) is 5.73 Å². The summed E-state index contributed by atoms with van der Waals surface area (Å²) in [6, 6.07) is 8.34. The van der Waals surface area contributed by atoms with E-state index >= 15 is 0 Å². The summed E-state index contributed by atoms with van der Waals surface area (Å²) in [4.78, 5) is 2.37. The number of hydrogen-bond donors (Lipinski definition) is 1. The molecule has 16 heavy (non-hydrogen) atoms. The lowest BCUT2D eigenvalue weighted by atomic mass is 10.1. The van der Waals surface area contributed by atoms with Gasteiger partial charge in [0.2, 0.25) is 0 Å². The summed E-state index contributed by atoms with van der Waals surface area (Å²) in [5, 5.41) is 0.